The Morgan fingerprint density at radius 1 is 1.50 bits per heavy atom. The molecule has 0 bridgehead atoms. The van der Waals surface area contributed by atoms with Crippen LogP contribution < -0.4 is 0 Å². The Morgan fingerprint density at radius 3 is 2.62 bits per heavy atom. The van der Waals surface area contributed by atoms with E-state index in [1.807, 2.05) is 0 Å². The van der Waals surface area contributed by atoms with E-state index in [9.17, 15) is 4.79 Å². The number of hydrogen-bond donors (Lipinski definition) is 0. The molecule has 0 heterocycles. The summed E-state index contributed by atoms with van der Waals surface area (Å²) < 4.78 is 0. The van der Waals surface area contributed by atoms with Gasteiger partial charge in [-0.1, -0.05) is 25.5 Å². The average molecular weight is 223 g/mol. The van der Waals surface area contributed by atoms with Gasteiger partial charge in [0.25, 0.3) is 5.91 Å². The summed E-state index contributed by atoms with van der Waals surface area (Å²) in [6, 6.07) is 0. The first-order chi connectivity index (χ1) is 7.34. The molecule has 0 saturated heterocycles. The first-order valence-electron chi connectivity index (χ1n) is 5.53. The van der Waals surface area contributed by atoms with Crippen molar-refractivity contribution in [3.8, 4) is 0 Å². The normalized spacial score (nSPS) is 21.8. The minimum Gasteiger partial charge on any atom is -0.274 e. The molecule has 0 aliphatic heterocycles. The highest BCUT2D eigenvalue weighted by Crippen LogP contribution is 2.37. The minimum atomic E-state index is -0.112. The van der Waals surface area contributed by atoms with Gasteiger partial charge in [0.15, 0.2) is 0 Å². The second-order valence-corrected chi connectivity index (χ2v) is 5.25. The number of hydrogen-bond acceptors (Lipinski definition) is 2. The quantitative estimate of drug-likeness (QED) is 0.532. The van der Waals surface area contributed by atoms with Crippen LogP contribution in [0.5, 0.6) is 0 Å². The summed E-state index contributed by atoms with van der Waals surface area (Å²) in [5.41, 5.74) is 2.66. The van der Waals surface area contributed by atoms with Crippen molar-refractivity contribution in [2.75, 3.05) is 14.2 Å². The lowest BCUT2D eigenvalue weighted by molar-refractivity contribution is -0.162. The maximum Gasteiger partial charge on any atom is 0.270 e. The lowest BCUT2D eigenvalue weighted by Crippen LogP contribution is -2.24. The summed E-state index contributed by atoms with van der Waals surface area (Å²) >= 11 is 0. The first kappa shape index (κ1) is 13.0. The second kappa shape index (κ2) is 4.83. The van der Waals surface area contributed by atoms with Crippen molar-refractivity contribution in [3.05, 3.63) is 23.3 Å². The SMILES string of the molecule is CON(C)C(=O)C=C1C=C(C)CC(C)(C)C1. The number of nitrogens with zero attached hydrogens (tertiary/aromatic N) is 1. The Bertz CT molecular complexity index is 340. The fourth-order valence-electron chi connectivity index (χ4n) is 2.22. The van der Waals surface area contributed by atoms with Crippen molar-refractivity contribution in [2.45, 2.75) is 33.6 Å². The molecule has 1 amide bonds. The van der Waals surface area contributed by atoms with Gasteiger partial charge in [-0.25, -0.2) is 5.06 Å². The van der Waals surface area contributed by atoms with E-state index >= 15 is 0 Å². The third kappa shape index (κ3) is 3.49. The average Bonchev–Trinajstić information content (AvgIpc) is 2.12. The van der Waals surface area contributed by atoms with Gasteiger partial charge in [0.1, 0.15) is 0 Å². The molecule has 1 aliphatic carbocycles. The molecule has 90 valence electrons. The number of likely N-dealkylation sites (N-methyl/N-ethyl adjacent to an activating group) is 1. The van der Waals surface area contributed by atoms with Gasteiger partial charge in [-0.05, 0) is 30.8 Å². The molecule has 0 atom stereocenters. The maximum atomic E-state index is 11.7. The van der Waals surface area contributed by atoms with E-state index in [1.165, 1.54) is 17.7 Å². The summed E-state index contributed by atoms with van der Waals surface area (Å²) in [6.07, 6.45) is 5.80. The second-order valence-electron chi connectivity index (χ2n) is 5.25. The van der Waals surface area contributed by atoms with Crippen LogP contribution in [0.2, 0.25) is 0 Å². The van der Waals surface area contributed by atoms with Crippen LogP contribution in [0, 0.1) is 5.41 Å². The Hall–Kier alpha value is -1.09. The van der Waals surface area contributed by atoms with Crippen molar-refractivity contribution in [3.63, 3.8) is 0 Å². The molecular weight excluding hydrogens is 202 g/mol. The summed E-state index contributed by atoms with van der Waals surface area (Å²) in [5.74, 6) is -0.112. The predicted octanol–water partition coefficient (Wildman–Crippen LogP) is 2.70. The summed E-state index contributed by atoms with van der Waals surface area (Å²) in [5, 5.41) is 1.23. The zero-order valence-electron chi connectivity index (χ0n) is 10.8. The summed E-state index contributed by atoms with van der Waals surface area (Å²) in [4.78, 5) is 16.5. The van der Waals surface area contributed by atoms with E-state index in [-0.39, 0.29) is 11.3 Å². The van der Waals surface area contributed by atoms with Gasteiger partial charge in [0, 0.05) is 13.1 Å². The molecular formula is C13H21NO2. The number of hydroxylamine groups is 2. The fraction of sp³-hybridized carbons (Fsp3) is 0.615. The van der Waals surface area contributed by atoms with Crippen LogP contribution >= 0.6 is 0 Å². The van der Waals surface area contributed by atoms with Crippen molar-refractivity contribution in [2.24, 2.45) is 5.41 Å². The smallest absolute Gasteiger partial charge is 0.270 e. The van der Waals surface area contributed by atoms with Gasteiger partial charge in [-0.15, -0.1) is 0 Å². The highest BCUT2D eigenvalue weighted by atomic mass is 16.7. The van der Waals surface area contributed by atoms with Gasteiger partial charge in [-0.2, -0.15) is 0 Å². The lowest BCUT2D eigenvalue weighted by atomic mass is 9.75. The number of amides is 1. The molecule has 3 heteroatoms. The number of carbonyl (C=O) groups excluding carboxylic acids is 1. The van der Waals surface area contributed by atoms with E-state index in [1.54, 1.807) is 13.1 Å². The summed E-state index contributed by atoms with van der Waals surface area (Å²) in [6.45, 7) is 6.56. The molecule has 3 nitrogen and oxygen atoms in total. The van der Waals surface area contributed by atoms with E-state index in [2.05, 4.69) is 26.8 Å². The lowest BCUT2D eigenvalue weighted by Gasteiger charge is -2.30. The topological polar surface area (TPSA) is 29.5 Å². The first-order valence-corrected chi connectivity index (χ1v) is 5.53. The van der Waals surface area contributed by atoms with Crippen molar-refractivity contribution < 1.29 is 9.63 Å². The van der Waals surface area contributed by atoms with Crippen LogP contribution in [-0.4, -0.2) is 25.1 Å². The number of allylic oxidation sites excluding steroid dienone is 3. The molecule has 16 heavy (non-hydrogen) atoms. The molecule has 0 fully saturated rings. The molecule has 0 N–H and O–H groups in total. The summed E-state index contributed by atoms with van der Waals surface area (Å²) in [7, 11) is 3.10. The predicted molar refractivity (Wildman–Crippen MR) is 64.6 cm³/mol. The molecule has 0 aromatic carbocycles. The van der Waals surface area contributed by atoms with Crippen LogP contribution in [0.25, 0.3) is 0 Å². The standard InChI is InChI=1S/C13H21NO2/c1-10-6-11(9-13(2,3)8-10)7-12(15)14(4)16-5/h6-7H,8-9H2,1-5H3. The van der Waals surface area contributed by atoms with E-state index < -0.39 is 0 Å². The maximum absolute atomic E-state index is 11.7. The van der Waals surface area contributed by atoms with Gasteiger partial charge in [-0.3, -0.25) is 9.63 Å². The Kier molecular flexibility index (Phi) is 3.92. The van der Waals surface area contributed by atoms with Crippen LogP contribution in [0.15, 0.2) is 23.3 Å². The van der Waals surface area contributed by atoms with Crippen molar-refractivity contribution in [1.82, 2.24) is 5.06 Å². The Labute approximate surface area is 97.7 Å². The van der Waals surface area contributed by atoms with Crippen molar-refractivity contribution in [1.29, 1.82) is 0 Å². The van der Waals surface area contributed by atoms with Gasteiger partial charge in [0.2, 0.25) is 0 Å². The highest BCUT2D eigenvalue weighted by Gasteiger charge is 2.24. The highest BCUT2D eigenvalue weighted by molar-refractivity contribution is 5.87. The number of rotatable bonds is 2. The molecule has 0 radical (unpaired) electrons. The zero-order chi connectivity index (χ0) is 12.3. The van der Waals surface area contributed by atoms with Gasteiger partial charge < -0.3 is 0 Å². The van der Waals surface area contributed by atoms with Crippen LogP contribution in [0.3, 0.4) is 0 Å². The largest absolute Gasteiger partial charge is 0.274 e. The molecule has 0 spiro atoms. The third-order valence-electron chi connectivity index (χ3n) is 2.76. The zero-order valence-corrected chi connectivity index (χ0v) is 10.8. The van der Waals surface area contributed by atoms with Gasteiger partial charge >= 0.3 is 0 Å². The monoisotopic (exact) mass is 223 g/mol. The molecule has 0 unspecified atom stereocenters. The molecule has 0 aromatic heterocycles. The third-order valence-corrected chi connectivity index (χ3v) is 2.76. The molecule has 1 aliphatic rings. The number of carbonyl (C=O) groups is 1. The van der Waals surface area contributed by atoms with E-state index in [4.69, 9.17) is 4.84 Å². The Morgan fingerprint density at radius 2 is 2.12 bits per heavy atom. The van der Waals surface area contributed by atoms with Crippen LogP contribution in [0.4, 0.5) is 0 Å². The van der Waals surface area contributed by atoms with E-state index in [0.717, 1.165) is 18.4 Å². The Balaban J connectivity index is 2.85. The molecule has 1 rings (SSSR count). The van der Waals surface area contributed by atoms with E-state index in [0.29, 0.717) is 0 Å². The van der Waals surface area contributed by atoms with Gasteiger partial charge in [0.05, 0.1) is 7.11 Å². The molecule has 0 aromatic rings. The van der Waals surface area contributed by atoms with Crippen LogP contribution in [0.1, 0.15) is 33.6 Å². The molecule has 0 saturated carbocycles. The minimum absolute atomic E-state index is 0.112. The fourth-order valence-corrected chi connectivity index (χ4v) is 2.22. The van der Waals surface area contributed by atoms with Crippen LogP contribution in [-0.2, 0) is 9.63 Å². The van der Waals surface area contributed by atoms with Crippen molar-refractivity contribution >= 4 is 5.91 Å².